The standard InChI is InChI=1S/C14H20O5/c1-5-6-8-11-12(19-14(3,4)18-11)9-10(17-8)7(2)16-13(9)15/h5-12H,1-4H3/b6-5+/t7-,8-,9+,10+,11-,12-/m0/s1. The van der Waals surface area contributed by atoms with Gasteiger partial charge in [0, 0.05) is 0 Å². The van der Waals surface area contributed by atoms with E-state index in [2.05, 4.69) is 0 Å². The molecule has 0 amide bonds. The van der Waals surface area contributed by atoms with E-state index in [1.165, 1.54) is 0 Å². The highest BCUT2D eigenvalue weighted by atomic mass is 16.8. The van der Waals surface area contributed by atoms with Crippen LogP contribution in [0.25, 0.3) is 0 Å². The maximum Gasteiger partial charge on any atom is 0.314 e. The van der Waals surface area contributed by atoms with Crippen LogP contribution in [0.15, 0.2) is 12.2 Å². The molecule has 3 fully saturated rings. The molecule has 3 aliphatic rings. The summed E-state index contributed by atoms with van der Waals surface area (Å²) in [5.74, 6) is -1.32. The maximum absolute atomic E-state index is 12.0. The predicted octanol–water partition coefficient (Wildman–Crippen LogP) is 1.41. The zero-order valence-corrected chi connectivity index (χ0v) is 11.7. The van der Waals surface area contributed by atoms with E-state index in [9.17, 15) is 4.79 Å². The third-order valence-electron chi connectivity index (χ3n) is 3.93. The topological polar surface area (TPSA) is 54.0 Å². The van der Waals surface area contributed by atoms with Crippen LogP contribution in [0.4, 0.5) is 0 Å². The van der Waals surface area contributed by atoms with Gasteiger partial charge in [-0.3, -0.25) is 4.79 Å². The molecule has 5 nitrogen and oxygen atoms in total. The second-order valence-corrected chi connectivity index (χ2v) is 5.82. The van der Waals surface area contributed by atoms with E-state index in [-0.39, 0.29) is 42.4 Å². The van der Waals surface area contributed by atoms with Gasteiger partial charge in [0.25, 0.3) is 0 Å². The van der Waals surface area contributed by atoms with E-state index in [0.717, 1.165) is 0 Å². The summed E-state index contributed by atoms with van der Waals surface area (Å²) in [6, 6.07) is 0. The highest BCUT2D eigenvalue weighted by Crippen LogP contribution is 2.44. The van der Waals surface area contributed by atoms with E-state index >= 15 is 0 Å². The van der Waals surface area contributed by atoms with Crippen LogP contribution in [0.3, 0.4) is 0 Å². The summed E-state index contributed by atoms with van der Waals surface area (Å²) in [6.07, 6.45) is 2.63. The van der Waals surface area contributed by atoms with Crippen LogP contribution in [0.2, 0.25) is 0 Å². The first-order valence-electron chi connectivity index (χ1n) is 6.77. The Morgan fingerprint density at radius 3 is 2.53 bits per heavy atom. The van der Waals surface area contributed by atoms with E-state index in [4.69, 9.17) is 18.9 Å². The van der Waals surface area contributed by atoms with Gasteiger partial charge in [-0.1, -0.05) is 12.2 Å². The number of rotatable bonds is 1. The number of cyclic esters (lactones) is 1. The first kappa shape index (κ1) is 13.1. The fourth-order valence-corrected chi connectivity index (χ4v) is 3.22. The van der Waals surface area contributed by atoms with Gasteiger partial charge in [0.15, 0.2) is 5.79 Å². The normalized spacial score (nSPS) is 48.1. The molecule has 5 heteroatoms. The van der Waals surface area contributed by atoms with Crippen molar-refractivity contribution in [3.05, 3.63) is 12.2 Å². The third kappa shape index (κ3) is 2.00. The average Bonchev–Trinajstić information content (AvgIpc) is 2.76. The van der Waals surface area contributed by atoms with Crippen LogP contribution in [0.5, 0.6) is 0 Å². The van der Waals surface area contributed by atoms with Crippen molar-refractivity contribution in [3.63, 3.8) is 0 Å². The van der Waals surface area contributed by atoms with Gasteiger partial charge in [0.2, 0.25) is 0 Å². The molecule has 3 saturated heterocycles. The SMILES string of the molecule is C/C=C/[C@@H]1O[C@H]2[C@@H](C(=O)O[C@H]2C)[C@@H]2OC(C)(C)O[C@H]21. The molecule has 0 aromatic heterocycles. The van der Waals surface area contributed by atoms with E-state index in [1.807, 2.05) is 39.8 Å². The Bertz CT molecular complexity index is 416. The zero-order chi connectivity index (χ0) is 13.8. The number of allylic oxidation sites excluding steroid dienone is 1. The molecule has 0 spiro atoms. The molecule has 3 rings (SSSR count). The Balaban J connectivity index is 1.94. The van der Waals surface area contributed by atoms with Crippen molar-refractivity contribution in [3.8, 4) is 0 Å². The maximum atomic E-state index is 12.0. The largest absolute Gasteiger partial charge is 0.460 e. The van der Waals surface area contributed by atoms with Crippen LogP contribution in [-0.2, 0) is 23.7 Å². The lowest BCUT2D eigenvalue weighted by molar-refractivity contribution is -0.157. The molecule has 0 aromatic rings. The lowest BCUT2D eigenvalue weighted by Crippen LogP contribution is -2.53. The van der Waals surface area contributed by atoms with Crippen molar-refractivity contribution in [1.82, 2.24) is 0 Å². The van der Waals surface area contributed by atoms with Crippen molar-refractivity contribution in [1.29, 1.82) is 0 Å². The molecule has 3 heterocycles. The van der Waals surface area contributed by atoms with Crippen molar-refractivity contribution in [2.45, 2.75) is 64.0 Å². The highest BCUT2D eigenvalue weighted by molar-refractivity contribution is 5.77. The van der Waals surface area contributed by atoms with Crippen molar-refractivity contribution in [2.75, 3.05) is 0 Å². The molecule has 0 N–H and O–H groups in total. The number of carbonyl (C=O) groups excluding carboxylic acids is 1. The summed E-state index contributed by atoms with van der Waals surface area (Å²) in [5, 5.41) is 0. The number of carbonyl (C=O) groups is 1. The van der Waals surface area contributed by atoms with E-state index in [0.29, 0.717) is 0 Å². The van der Waals surface area contributed by atoms with Gasteiger partial charge in [0.05, 0.1) is 0 Å². The van der Waals surface area contributed by atoms with Crippen molar-refractivity contribution < 1.29 is 23.7 Å². The second kappa shape index (κ2) is 4.30. The van der Waals surface area contributed by atoms with E-state index in [1.54, 1.807) is 0 Å². The number of hydrogen-bond acceptors (Lipinski definition) is 5. The van der Waals surface area contributed by atoms with E-state index < -0.39 is 5.79 Å². The van der Waals surface area contributed by atoms with Crippen LogP contribution >= 0.6 is 0 Å². The molecule has 0 aromatic carbocycles. The molecular formula is C14H20O5. The van der Waals surface area contributed by atoms with Gasteiger partial charge in [0.1, 0.15) is 36.4 Å². The minimum atomic E-state index is -0.695. The molecule has 106 valence electrons. The van der Waals surface area contributed by atoms with Gasteiger partial charge in [-0.15, -0.1) is 0 Å². The lowest BCUT2D eigenvalue weighted by atomic mass is 9.86. The molecule has 3 aliphatic heterocycles. The van der Waals surface area contributed by atoms with Crippen LogP contribution < -0.4 is 0 Å². The molecule has 0 bridgehead atoms. The second-order valence-electron chi connectivity index (χ2n) is 5.82. The molecule has 0 unspecified atom stereocenters. The van der Waals surface area contributed by atoms with Crippen molar-refractivity contribution in [2.24, 2.45) is 5.92 Å². The van der Waals surface area contributed by atoms with Gasteiger partial charge in [-0.25, -0.2) is 0 Å². The molecule has 0 aliphatic carbocycles. The molecule has 6 atom stereocenters. The Morgan fingerprint density at radius 2 is 1.84 bits per heavy atom. The quantitative estimate of drug-likeness (QED) is 0.531. The highest BCUT2D eigenvalue weighted by Gasteiger charge is 2.61. The third-order valence-corrected chi connectivity index (χ3v) is 3.93. The monoisotopic (exact) mass is 268 g/mol. The van der Waals surface area contributed by atoms with Crippen LogP contribution in [0, 0.1) is 5.92 Å². The fraction of sp³-hybridized carbons (Fsp3) is 0.786. The summed E-state index contributed by atoms with van der Waals surface area (Å²) >= 11 is 0. The van der Waals surface area contributed by atoms with Crippen LogP contribution in [0.1, 0.15) is 27.7 Å². The molecule has 19 heavy (non-hydrogen) atoms. The first-order chi connectivity index (χ1) is 8.93. The van der Waals surface area contributed by atoms with Gasteiger partial charge < -0.3 is 18.9 Å². The summed E-state index contributed by atoms with van der Waals surface area (Å²) in [6.45, 7) is 7.51. The fourth-order valence-electron chi connectivity index (χ4n) is 3.22. The van der Waals surface area contributed by atoms with Gasteiger partial charge >= 0.3 is 5.97 Å². The van der Waals surface area contributed by atoms with Crippen molar-refractivity contribution >= 4 is 5.97 Å². The Morgan fingerprint density at radius 1 is 1.16 bits per heavy atom. The summed E-state index contributed by atoms with van der Waals surface area (Å²) in [7, 11) is 0. The molecular weight excluding hydrogens is 248 g/mol. The Kier molecular flexibility index (Phi) is 2.96. The Hall–Kier alpha value is -0.910. The number of ether oxygens (including phenoxy) is 4. The zero-order valence-electron chi connectivity index (χ0n) is 11.7. The predicted molar refractivity (Wildman–Crippen MR) is 66.3 cm³/mol. The van der Waals surface area contributed by atoms with Gasteiger partial charge in [-0.05, 0) is 27.7 Å². The lowest BCUT2D eigenvalue weighted by Gasteiger charge is -2.36. The smallest absolute Gasteiger partial charge is 0.314 e. The minimum absolute atomic E-state index is 0.199. The minimum Gasteiger partial charge on any atom is -0.460 e. The number of fused-ring (bicyclic) bond motifs is 3. The van der Waals surface area contributed by atoms with Crippen LogP contribution in [-0.4, -0.2) is 42.3 Å². The summed E-state index contributed by atoms with van der Waals surface area (Å²) in [4.78, 5) is 12.0. The Labute approximate surface area is 112 Å². The summed E-state index contributed by atoms with van der Waals surface area (Å²) in [5.41, 5.74) is 0. The number of hydrogen-bond donors (Lipinski definition) is 0. The molecule has 0 saturated carbocycles. The summed E-state index contributed by atoms with van der Waals surface area (Å²) < 4.78 is 23.1. The first-order valence-corrected chi connectivity index (χ1v) is 6.77. The average molecular weight is 268 g/mol. The molecule has 0 radical (unpaired) electrons. The van der Waals surface area contributed by atoms with Gasteiger partial charge in [-0.2, -0.15) is 0 Å². The number of esters is 1.